The maximum absolute atomic E-state index is 6.07. The number of likely N-dealkylation sites (N-methyl/N-ethyl adjacent to an activating group) is 1. The highest BCUT2D eigenvalue weighted by atomic mass is 16.5. The van der Waals surface area contributed by atoms with E-state index in [-0.39, 0.29) is 0 Å². The van der Waals surface area contributed by atoms with Gasteiger partial charge >= 0.3 is 0 Å². The van der Waals surface area contributed by atoms with Crippen LogP contribution in [0.15, 0.2) is 0 Å². The van der Waals surface area contributed by atoms with Crippen LogP contribution in [-0.4, -0.2) is 44.3 Å². The molecule has 0 radical (unpaired) electrons. The van der Waals surface area contributed by atoms with Gasteiger partial charge in [0, 0.05) is 26.3 Å². The van der Waals surface area contributed by atoms with Crippen molar-refractivity contribution in [1.29, 1.82) is 0 Å². The minimum Gasteiger partial charge on any atom is -0.385 e. The molecule has 0 aliphatic carbocycles. The highest BCUT2D eigenvalue weighted by Gasteiger charge is 2.08. The van der Waals surface area contributed by atoms with Crippen molar-refractivity contribution >= 4 is 0 Å². The first-order valence-corrected chi connectivity index (χ1v) is 6.21. The van der Waals surface area contributed by atoms with Crippen molar-refractivity contribution in [2.75, 3.05) is 33.4 Å². The van der Waals surface area contributed by atoms with Crippen LogP contribution in [-0.2, 0) is 4.74 Å². The van der Waals surface area contributed by atoms with E-state index in [0.29, 0.717) is 6.04 Å². The summed E-state index contributed by atoms with van der Waals surface area (Å²) < 4.78 is 5.02. The second-order valence-corrected chi connectivity index (χ2v) is 4.14. The number of nitrogens with two attached hydrogens (primary N) is 1. The molecule has 3 nitrogen and oxygen atoms in total. The minimum atomic E-state index is 0.303. The molecule has 0 fully saturated rings. The molecule has 15 heavy (non-hydrogen) atoms. The van der Waals surface area contributed by atoms with Gasteiger partial charge in [-0.3, -0.25) is 0 Å². The summed E-state index contributed by atoms with van der Waals surface area (Å²) in [5.74, 6) is 0. The zero-order valence-electron chi connectivity index (χ0n) is 10.7. The summed E-state index contributed by atoms with van der Waals surface area (Å²) in [6, 6.07) is 0.303. The summed E-state index contributed by atoms with van der Waals surface area (Å²) in [5.41, 5.74) is 6.07. The molecule has 0 aliphatic rings. The number of methoxy groups -OCH3 is 1. The fourth-order valence-corrected chi connectivity index (χ4v) is 1.67. The lowest BCUT2D eigenvalue weighted by atomic mass is 10.1. The molecule has 0 saturated carbocycles. The molecule has 0 spiro atoms. The lowest BCUT2D eigenvalue weighted by Crippen LogP contribution is -2.38. The topological polar surface area (TPSA) is 38.5 Å². The zero-order valence-corrected chi connectivity index (χ0v) is 10.7. The monoisotopic (exact) mass is 216 g/mol. The number of ether oxygens (including phenoxy) is 1. The Morgan fingerprint density at radius 1 is 1.27 bits per heavy atom. The van der Waals surface area contributed by atoms with Crippen molar-refractivity contribution in [3.05, 3.63) is 0 Å². The smallest absolute Gasteiger partial charge is 0.0462 e. The first-order chi connectivity index (χ1) is 7.24. The SMILES string of the molecule is CCCCN(CC)CC(N)CCCOC. The van der Waals surface area contributed by atoms with Crippen LogP contribution >= 0.6 is 0 Å². The maximum atomic E-state index is 6.07. The Hall–Kier alpha value is -0.120. The van der Waals surface area contributed by atoms with E-state index in [0.717, 1.165) is 32.5 Å². The van der Waals surface area contributed by atoms with Gasteiger partial charge in [-0.25, -0.2) is 0 Å². The summed E-state index contributed by atoms with van der Waals surface area (Å²) in [4.78, 5) is 2.45. The molecule has 0 aromatic rings. The molecule has 0 saturated heterocycles. The highest BCUT2D eigenvalue weighted by Crippen LogP contribution is 2.00. The number of hydrogen-bond donors (Lipinski definition) is 1. The zero-order chi connectivity index (χ0) is 11.5. The Labute approximate surface area is 95.0 Å². The molecule has 92 valence electrons. The van der Waals surface area contributed by atoms with E-state index >= 15 is 0 Å². The number of unbranched alkanes of at least 4 members (excludes halogenated alkanes) is 1. The van der Waals surface area contributed by atoms with E-state index in [2.05, 4.69) is 18.7 Å². The summed E-state index contributed by atoms with van der Waals surface area (Å²) in [6.45, 7) is 8.59. The summed E-state index contributed by atoms with van der Waals surface area (Å²) in [5, 5.41) is 0. The third kappa shape index (κ3) is 8.85. The fraction of sp³-hybridized carbons (Fsp3) is 1.00. The van der Waals surface area contributed by atoms with Crippen LogP contribution in [0, 0.1) is 0 Å². The van der Waals surface area contributed by atoms with Crippen LogP contribution in [0.25, 0.3) is 0 Å². The third-order valence-corrected chi connectivity index (χ3v) is 2.69. The molecule has 0 aromatic heterocycles. The Balaban J connectivity index is 3.55. The van der Waals surface area contributed by atoms with Gasteiger partial charge in [0.15, 0.2) is 0 Å². The second-order valence-electron chi connectivity index (χ2n) is 4.14. The first-order valence-electron chi connectivity index (χ1n) is 6.21. The molecule has 0 amide bonds. The van der Waals surface area contributed by atoms with Gasteiger partial charge < -0.3 is 15.4 Å². The molecule has 2 N–H and O–H groups in total. The quantitative estimate of drug-likeness (QED) is 0.567. The third-order valence-electron chi connectivity index (χ3n) is 2.69. The maximum Gasteiger partial charge on any atom is 0.0462 e. The highest BCUT2D eigenvalue weighted by molar-refractivity contribution is 4.67. The summed E-state index contributed by atoms with van der Waals surface area (Å²) >= 11 is 0. The Morgan fingerprint density at radius 2 is 2.00 bits per heavy atom. The van der Waals surface area contributed by atoms with Crippen molar-refractivity contribution in [3.63, 3.8) is 0 Å². The van der Waals surface area contributed by atoms with E-state index in [4.69, 9.17) is 10.5 Å². The number of nitrogens with zero attached hydrogens (tertiary/aromatic N) is 1. The van der Waals surface area contributed by atoms with Crippen molar-refractivity contribution in [3.8, 4) is 0 Å². The normalized spacial score (nSPS) is 13.4. The molecule has 0 heterocycles. The Bertz CT molecular complexity index is 131. The van der Waals surface area contributed by atoms with Crippen LogP contribution in [0.3, 0.4) is 0 Å². The van der Waals surface area contributed by atoms with E-state index in [9.17, 15) is 0 Å². The van der Waals surface area contributed by atoms with Gasteiger partial charge in [-0.15, -0.1) is 0 Å². The second kappa shape index (κ2) is 10.4. The molecular formula is C12H28N2O. The fourth-order valence-electron chi connectivity index (χ4n) is 1.67. The van der Waals surface area contributed by atoms with Gasteiger partial charge in [0.2, 0.25) is 0 Å². The van der Waals surface area contributed by atoms with E-state index in [1.54, 1.807) is 7.11 Å². The lowest BCUT2D eigenvalue weighted by Gasteiger charge is -2.23. The van der Waals surface area contributed by atoms with Gasteiger partial charge in [0.25, 0.3) is 0 Å². The van der Waals surface area contributed by atoms with Crippen LogP contribution in [0.4, 0.5) is 0 Å². The lowest BCUT2D eigenvalue weighted by molar-refractivity contribution is 0.185. The number of rotatable bonds is 10. The van der Waals surface area contributed by atoms with Crippen molar-refractivity contribution in [1.82, 2.24) is 4.90 Å². The molecule has 0 aromatic carbocycles. The van der Waals surface area contributed by atoms with Crippen molar-refractivity contribution < 1.29 is 4.74 Å². The van der Waals surface area contributed by atoms with Crippen LogP contribution in [0.1, 0.15) is 39.5 Å². The van der Waals surface area contributed by atoms with Gasteiger partial charge in [0.1, 0.15) is 0 Å². The van der Waals surface area contributed by atoms with Crippen molar-refractivity contribution in [2.24, 2.45) is 5.73 Å². The molecule has 3 heteroatoms. The molecule has 1 unspecified atom stereocenters. The van der Waals surface area contributed by atoms with Crippen LogP contribution < -0.4 is 5.73 Å². The van der Waals surface area contributed by atoms with Crippen LogP contribution in [0.2, 0.25) is 0 Å². The predicted octanol–water partition coefficient (Wildman–Crippen LogP) is 1.86. The van der Waals surface area contributed by atoms with Crippen molar-refractivity contribution in [2.45, 2.75) is 45.6 Å². The van der Waals surface area contributed by atoms with Gasteiger partial charge in [-0.05, 0) is 32.4 Å². The van der Waals surface area contributed by atoms with E-state index < -0.39 is 0 Å². The average molecular weight is 216 g/mol. The molecule has 0 bridgehead atoms. The first kappa shape index (κ1) is 14.9. The summed E-state index contributed by atoms with van der Waals surface area (Å²) in [7, 11) is 1.74. The van der Waals surface area contributed by atoms with Gasteiger partial charge in [0.05, 0.1) is 0 Å². The average Bonchev–Trinajstić information content (AvgIpc) is 2.24. The Morgan fingerprint density at radius 3 is 2.53 bits per heavy atom. The van der Waals surface area contributed by atoms with Crippen LogP contribution in [0.5, 0.6) is 0 Å². The molecule has 0 aliphatic heterocycles. The van der Waals surface area contributed by atoms with E-state index in [1.165, 1.54) is 19.4 Å². The largest absolute Gasteiger partial charge is 0.385 e. The summed E-state index contributed by atoms with van der Waals surface area (Å²) in [6.07, 6.45) is 4.67. The van der Waals surface area contributed by atoms with E-state index in [1.807, 2.05) is 0 Å². The molecule has 0 rings (SSSR count). The standard InChI is InChI=1S/C12H28N2O/c1-4-6-9-14(5-2)11-12(13)8-7-10-15-3/h12H,4-11,13H2,1-3H3. The molecular weight excluding hydrogens is 188 g/mol. The minimum absolute atomic E-state index is 0.303. The van der Waals surface area contributed by atoms with Gasteiger partial charge in [-0.1, -0.05) is 20.3 Å². The number of hydrogen-bond acceptors (Lipinski definition) is 3. The van der Waals surface area contributed by atoms with Gasteiger partial charge in [-0.2, -0.15) is 0 Å². The molecule has 1 atom stereocenters. The Kier molecular flexibility index (Phi) is 10.3. The predicted molar refractivity (Wildman–Crippen MR) is 66.1 cm³/mol.